The third-order valence-corrected chi connectivity index (χ3v) is 4.42. The second-order valence-electron chi connectivity index (χ2n) is 6.16. The highest BCUT2D eigenvalue weighted by Crippen LogP contribution is 2.28. The third-order valence-electron chi connectivity index (χ3n) is 4.42. The topological polar surface area (TPSA) is 49.3 Å². The molecule has 0 heterocycles. The first-order valence-corrected chi connectivity index (χ1v) is 8.14. The van der Waals surface area contributed by atoms with Gasteiger partial charge < -0.3 is 10.4 Å². The van der Waals surface area contributed by atoms with Crippen molar-refractivity contribution in [2.45, 2.75) is 38.1 Å². The Balaban J connectivity index is 1.86. The van der Waals surface area contributed by atoms with E-state index in [0.29, 0.717) is 5.56 Å². The lowest BCUT2D eigenvalue weighted by molar-refractivity contribution is 0.0925. The van der Waals surface area contributed by atoms with Crippen molar-refractivity contribution in [1.29, 1.82) is 0 Å². The van der Waals surface area contributed by atoms with Crippen molar-refractivity contribution >= 4 is 5.91 Å². The zero-order valence-electron chi connectivity index (χ0n) is 13.2. The maximum absolute atomic E-state index is 13.9. The summed E-state index contributed by atoms with van der Waals surface area (Å²) in [5.41, 5.74) is 0.698. The molecule has 0 saturated heterocycles. The van der Waals surface area contributed by atoms with Crippen LogP contribution >= 0.6 is 0 Å². The van der Waals surface area contributed by atoms with Gasteiger partial charge in [0, 0.05) is 17.7 Å². The van der Waals surface area contributed by atoms with Crippen molar-refractivity contribution in [2.24, 2.45) is 0 Å². The van der Waals surface area contributed by atoms with Gasteiger partial charge in [-0.15, -0.1) is 0 Å². The first-order valence-electron chi connectivity index (χ1n) is 8.14. The standard InChI is InChI=1S/C19H19F2NO2/c20-13-7-8-15(17(21)11-13)12-6-9-18(23)16(10-12)19(24)22-14-4-2-1-3-5-14/h6-11,14,23H,1-5H2,(H,22,24). The SMILES string of the molecule is O=C(NC1CCCCC1)c1cc(-c2ccc(F)cc2F)ccc1O. The van der Waals surface area contributed by atoms with Gasteiger partial charge in [0.05, 0.1) is 5.56 Å². The molecule has 1 aliphatic rings. The Morgan fingerprint density at radius 1 is 1.04 bits per heavy atom. The summed E-state index contributed by atoms with van der Waals surface area (Å²) < 4.78 is 27.0. The van der Waals surface area contributed by atoms with Crippen molar-refractivity contribution in [3.8, 4) is 16.9 Å². The van der Waals surface area contributed by atoms with E-state index in [0.717, 1.165) is 37.8 Å². The number of amides is 1. The Morgan fingerprint density at radius 2 is 1.79 bits per heavy atom. The Hall–Kier alpha value is -2.43. The predicted molar refractivity (Wildman–Crippen MR) is 87.8 cm³/mol. The molecule has 0 aliphatic heterocycles. The lowest BCUT2D eigenvalue weighted by Crippen LogP contribution is -2.36. The van der Waals surface area contributed by atoms with Gasteiger partial charge in [-0.2, -0.15) is 0 Å². The quantitative estimate of drug-likeness (QED) is 0.876. The van der Waals surface area contributed by atoms with Gasteiger partial charge in [0.2, 0.25) is 0 Å². The minimum atomic E-state index is -0.709. The molecular formula is C19H19F2NO2. The first kappa shape index (κ1) is 16.4. The lowest BCUT2D eigenvalue weighted by atomic mass is 9.95. The molecule has 0 spiro atoms. The van der Waals surface area contributed by atoms with Crippen LogP contribution < -0.4 is 5.32 Å². The summed E-state index contributed by atoms with van der Waals surface area (Å²) in [6, 6.07) is 7.68. The van der Waals surface area contributed by atoms with Crippen LogP contribution in [-0.4, -0.2) is 17.1 Å². The van der Waals surface area contributed by atoms with E-state index in [1.54, 1.807) is 0 Å². The second-order valence-corrected chi connectivity index (χ2v) is 6.16. The van der Waals surface area contributed by atoms with Crippen LogP contribution in [0.2, 0.25) is 0 Å². The summed E-state index contributed by atoms with van der Waals surface area (Å²) in [5, 5.41) is 12.9. The molecule has 2 N–H and O–H groups in total. The summed E-state index contributed by atoms with van der Waals surface area (Å²) in [6.07, 6.45) is 5.20. The number of hydrogen-bond donors (Lipinski definition) is 2. The van der Waals surface area contributed by atoms with E-state index in [1.165, 1.54) is 30.7 Å². The van der Waals surface area contributed by atoms with Gasteiger partial charge in [-0.25, -0.2) is 8.78 Å². The minimum absolute atomic E-state index is 0.0989. The molecule has 126 valence electrons. The van der Waals surface area contributed by atoms with E-state index in [-0.39, 0.29) is 28.8 Å². The van der Waals surface area contributed by atoms with Crippen LogP contribution in [0.5, 0.6) is 5.75 Å². The molecule has 1 saturated carbocycles. The summed E-state index contributed by atoms with van der Waals surface area (Å²) in [4.78, 5) is 12.4. The average Bonchev–Trinajstić information content (AvgIpc) is 2.56. The van der Waals surface area contributed by atoms with Gasteiger partial charge in [0.1, 0.15) is 17.4 Å². The molecule has 0 aromatic heterocycles. The highest BCUT2D eigenvalue weighted by Gasteiger charge is 2.19. The molecule has 0 unspecified atom stereocenters. The number of hydrogen-bond acceptors (Lipinski definition) is 2. The highest BCUT2D eigenvalue weighted by atomic mass is 19.1. The number of carbonyl (C=O) groups excluding carboxylic acids is 1. The molecule has 5 heteroatoms. The number of carbonyl (C=O) groups is 1. The van der Waals surface area contributed by atoms with Crippen LogP contribution in [0.15, 0.2) is 36.4 Å². The van der Waals surface area contributed by atoms with E-state index in [4.69, 9.17) is 0 Å². The van der Waals surface area contributed by atoms with Crippen LogP contribution in [0.3, 0.4) is 0 Å². The number of phenolic OH excluding ortho intramolecular Hbond substituents is 1. The van der Waals surface area contributed by atoms with Crippen LogP contribution in [0.4, 0.5) is 8.78 Å². The predicted octanol–water partition coefficient (Wildman–Crippen LogP) is 4.40. The Morgan fingerprint density at radius 3 is 2.50 bits per heavy atom. The van der Waals surface area contributed by atoms with E-state index < -0.39 is 11.6 Å². The van der Waals surface area contributed by atoms with E-state index in [2.05, 4.69) is 5.32 Å². The average molecular weight is 331 g/mol. The maximum atomic E-state index is 13.9. The largest absolute Gasteiger partial charge is 0.507 e. The summed E-state index contributed by atoms with van der Waals surface area (Å²) in [5.74, 6) is -1.90. The molecular weight excluding hydrogens is 312 g/mol. The van der Waals surface area contributed by atoms with Crippen molar-refractivity contribution in [2.75, 3.05) is 0 Å². The molecule has 24 heavy (non-hydrogen) atoms. The van der Waals surface area contributed by atoms with Crippen LogP contribution in [0.1, 0.15) is 42.5 Å². The fraction of sp³-hybridized carbons (Fsp3) is 0.316. The van der Waals surface area contributed by atoms with Crippen molar-refractivity contribution in [3.63, 3.8) is 0 Å². The molecule has 2 aromatic carbocycles. The summed E-state index contributed by atoms with van der Waals surface area (Å²) in [7, 11) is 0. The van der Waals surface area contributed by atoms with Crippen molar-refractivity contribution in [3.05, 3.63) is 53.6 Å². The number of nitrogens with one attached hydrogen (secondary N) is 1. The molecule has 1 amide bonds. The zero-order valence-corrected chi connectivity index (χ0v) is 13.2. The van der Waals surface area contributed by atoms with Gasteiger partial charge in [0.15, 0.2) is 0 Å². The normalized spacial score (nSPS) is 15.2. The number of benzene rings is 2. The zero-order chi connectivity index (χ0) is 17.1. The van der Waals surface area contributed by atoms with E-state index in [1.807, 2.05) is 0 Å². The van der Waals surface area contributed by atoms with E-state index in [9.17, 15) is 18.7 Å². The van der Waals surface area contributed by atoms with Gasteiger partial charge in [-0.1, -0.05) is 25.3 Å². The second kappa shape index (κ2) is 6.99. The molecule has 3 rings (SSSR count). The molecule has 2 aromatic rings. The van der Waals surface area contributed by atoms with Gasteiger partial charge in [0.25, 0.3) is 5.91 Å². The number of aromatic hydroxyl groups is 1. The fourth-order valence-electron chi connectivity index (χ4n) is 3.12. The van der Waals surface area contributed by atoms with Crippen molar-refractivity contribution < 1.29 is 18.7 Å². The van der Waals surface area contributed by atoms with Crippen LogP contribution in [-0.2, 0) is 0 Å². The lowest BCUT2D eigenvalue weighted by Gasteiger charge is -2.23. The number of rotatable bonds is 3. The Labute approximate surface area is 139 Å². The summed E-state index contributed by atoms with van der Waals surface area (Å²) in [6.45, 7) is 0. The van der Waals surface area contributed by atoms with Crippen molar-refractivity contribution in [1.82, 2.24) is 5.32 Å². The monoisotopic (exact) mass is 331 g/mol. The minimum Gasteiger partial charge on any atom is -0.507 e. The fourth-order valence-corrected chi connectivity index (χ4v) is 3.12. The molecule has 1 aliphatic carbocycles. The number of halogens is 2. The Kier molecular flexibility index (Phi) is 4.79. The maximum Gasteiger partial charge on any atom is 0.255 e. The summed E-state index contributed by atoms with van der Waals surface area (Å²) >= 11 is 0. The van der Waals surface area contributed by atoms with E-state index >= 15 is 0 Å². The van der Waals surface area contributed by atoms with Crippen LogP contribution in [0.25, 0.3) is 11.1 Å². The molecule has 3 nitrogen and oxygen atoms in total. The highest BCUT2D eigenvalue weighted by molar-refractivity contribution is 5.98. The van der Waals surface area contributed by atoms with Crippen LogP contribution in [0, 0.1) is 11.6 Å². The molecule has 0 atom stereocenters. The third kappa shape index (κ3) is 3.55. The molecule has 1 fully saturated rings. The Bertz CT molecular complexity index is 755. The smallest absolute Gasteiger partial charge is 0.255 e. The van der Waals surface area contributed by atoms with Gasteiger partial charge in [-0.3, -0.25) is 4.79 Å². The first-order chi connectivity index (χ1) is 11.5. The number of phenols is 1. The van der Waals surface area contributed by atoms with Gasteiger partial charge >= 0.3 is 0 Å². The molecule has 0 radical (unpaired) electrons. The van der Waals surface area contributed by atoms with Gasteiger partial charge in [-0.05, 0) is 42.7 Å². The molecule has 0 bridgehead atoms.